The van der Waals surface area contributed by atoms with Crippen LogP contribution in [0.4, 0.5) is 5.69 Å². The van der Waals surface area contributed by atoms with Crippen LogP contribution in [-0.2, 0) is 5.75 Å². The van der Waals surface area contributed by atoms with E-state index < -0.39 is 0 Å². The van der Waals surface area contributed by atoms with Crippen molar-refractivity contribution in [2.75, 3.05) is 25.5 Å². The number of thioether (sulfide) groups is 1. The molecule has 0 radical (unpaired) electrons. The number of carbonyl (C=O) groups is 1. The lowest BCUT2D eigenvalue weighted by molar-refractivity contribution is 0.0952. The van der Waals surface area contributed by atoms with E-state index in [1.807, 2.05) is 68.7 Å². The molecular weight excluding hydrogens is 510 g/mol. The molecule has 4 aromatic carbocycles. The summed E-state index contributed by atoms with van der Waals surface area (Å²) in [5, 5.41) is 5.10. The van der Waals surface area contributed by atoms with E-state index in [0.29, 0.717) is 12.1 Å². The van der Waals surface area contributed by atoms with E-state index in [-0.39, 0.29) is 11.8 Å². The van der Waals surface area contributed by atoms with Crippen LogP contribution in [0, 0.1) is 0 Å². The molecule has 38 heavy (non-hydrogen) atoms. The summed E-state index contributed by atoms with van der Waals surface area (Å²) in [6, 6.07) is 32.5. The molecule has 1 atom stereocenters. The number of nitrogens with one attached hydrogen (secondary N) is 2. The molecule has 0 spiro atoms. The molecule has 0 bridgehead atoms. The number of halogens is 1. The van der Waals surface area contributed by atoms with Crippen molar-refractivity contribution < 1.29 is 4.79 Å². The normalized spacial score (nSPS) is 11.9. The van der Waals surface area contributed by atoms with E-state index >= 15 is 0 Å². The highest BCUT2D eigenvalue weighted by Crippen LogP contribution is 2.31. The number of carbonyl (C=O) groups excluding carboxylic acids is 1. The topological polar surface area (TPSA) is 48.1 Å². The first-order valence-electron chi connectivity index (χ1n) is 12.6. The third-order valence-corrected chi connectivity index (χ3v) is 8.05. The highest BCUT2D eigenvalue weighted by Gasteiger charge is 2.20. The van der Waals surface area contributed by atoms with Gasteiger partial charge in [-0.05, 0) is 71.3 Å². The predicted molar refractivity (Wildman–Crippen MR) is 161 cm³/mol. The number of benzene rings is 4. The average molecular weight is 540 g/mol. The van der Waals surface area contributed by atoms with Crippen molar-refractivity contribution in [3.63, 3.8) is 0 Å². The van der Waals surface area contributed by atoms with Gasteiger partial charge in [0.1, 0.15) is 0 Å². The molecule has 0 aliphatic heterocycles. The van der Waals surface area contributed by atoms with Gasteiger partial charge >= 0.3 is 0 Å². The lowest BCUT2D eigenvalue weighted by Crippen LogP contribution is -2.29. The van der Waals surface area contributed by atoms with Gasteiger partial charge in [-0.1, -0.05) is 54.1 Å². The second-order valence-electron chi connectivity index (χ2n) is 9.48. The van der Waals surface area contributed by atoms with Crippen molar-refractivity contribution in [3.05, 3.63) is 131 Å². The second-order valence-corrected chi connectivity index (χ2v) is 11.0. The minimum absolute atomic E-state index is 0.0151. The summed E-state index contributed by atoms with van der Waals surface area (Å²) >= 11 is 7.72. The Morgan fingerprint density at radius 3 is 2.34 bits per heavy atom. The van der Waals surface area contributed by atoms with Crippen molar-refractivity contribution in [1.29, 1.82) is 0 Å². The van der Waals surface area contributed by atoms with Gasteiger partial charge in [0.2, 0.25) is 0 Å². The summed E-state index contributed by atoms with van der Waals surface area (Å²) in [7, 11) is 4.07. The third-order valence-electron chi connectivity index (χ3n) is 6.71. The molecule has 1 unspecified atom stereocenters. The zero-order valence-electron chi connectivity index (χ0n) is 21.4. The number of fused-ring (bicyclic) bond motifs is 1. The Balaban J connectivity index is 1.29. The Labute approximate surface area is 233 Å². The minimum atomic E-state index is -0.0725. The average Bonchev–Trinajstić information content (AvgIpc) is 3.37. The van der Waals surface area contributed by atoms with Crippen LogP contribution in [0.1, 0.15) is 33.0 Å². The van der Waals surface area contributed by atoms with Gasteiger partial charge in [-0.3, -0.25) is 4.79 Å². The molecule has 2 N–H and O–H groups in total. The number of aromatic amines is 1. The largest absolute Gasteiger partial charge is 0.378 e. The van der Waals surface area contributed by atoms with Gasteiger partial charge in [-0.15, -0.1) is 11.8 Å². The van der Waals surface area contributed by atoms with Crippen molar-refractivity contribution in [2.45, 2.75) is 16.6 Å². The van der Waals surface area contributed by atoms with Gasteiger partial charge in [-0.25, -0.2) is 0 Å². The number of hydrogen-bond acceptors (Lipinski definition) is 3. The van der Waals surface area contributed by atoms with Crippen LogP contribution >= 0.6 is 23.4 Å². The van der Waals surface area contributed by atoms with Crippen LogP contribution < -0.4 is 10.2 Å². The molecule has 0 saturated carbocycles. The smallest absolute Gasteiger partial charge is 0.251 e. The highest BCUT2D eigenvalue weighted by molar-refractivity contribution is 7.98. The number of hydrogen-bond donors (Lipinski definition) is 2. The van der Waals surface area contributed by atoms with E-state index in [9.17, 15) is 4.79 Å². The molecule has 6 heteroatoms. The minimum Gasteiger partial charge on any atom is -0.378 e. The molecular formula is C32H30ClN3OS. The van der Waals surface area contributed by atoms with Gasteiger partial charge < -0.3 is 15.2 Å². The van der Waals surface area contributed by atoms with Crippen LogP contribution in [0.2, 0.25) is 5.02 Å². The number of H-pyrrole nitrogens is 1. The van der Waals surface area contributed by atoms with Crippen LogP contribution in [0.5, 0.6) is 0 Å². The lowest BCUT2D eigenvalue weighted by atomic mass is 9.90. The van der Waals surface area contributed by atoms with Gasteiger partial charge in [0.15, 0.2) is 0 Å². The summed E-state index contributed by atoms with van der Waals surface area (Å²) < 4.78 is 0. The Kier molecular flexibility index (Phi) is 8.06. The summed E-state index contributed by atoms with van der Waals surface area (Å²) in [5.74, 6) is 0.771. The number of amides is 1. The fourth-order valence-corrected chi connectivity index (χ4v) is 5.52. The molecule has 1 aromatic heterocycles. The van der Waals surface area contributed by atoms with E-state index in [1.54, 1.807) is 11.8 Å². The highest BCUT2D eigenvalue weighted by atomic mass is 35.5. The van der Waals surface area contributed by atoms with Crippen LogP contribution in [0.15, 0.2) is 108 Å². The quantitative estimate of drug-likeness (QED) is 0.188. The molecule has 192 valence electrons. The molecule has 0 aliphatic rings. The number of para-hydroxylation sites is 1. The van der Waals surface area contributed by atoms with Gasteiger partial charge in [0, 0.05) is 70.6 Å². The second kappa shape index (κ2) is 11.8. The molecule has 1 amide bonds. The fourth-order valence-electron chi connectivity index (χ4n) is 4.54. The van der Waals surface area contributed by atoms with E-state index in [4.69, 9.17) is 11.6 Å². The number of rotatable bonds is 9. The molecule has 5 rings (SSSR count). The summed E-state index contributed by atoms with van der Waals surface area (Å²) in [6.45, 7) is 0.496. The monoisotopic (exact) mass is 539 g/mol. The van der Waals surface area contributed by atoms with Crippen molar-refractivity contribution in [2.24, 2.45) is 0 Å². The maximum Gasteiger partial charge on any atom is 0.251 e. The van der Waals surface area contributed by atoms with Gasteiger partial charge in [-0.2, -0.15) is 0 Å². The Morgan fingerprint density at radius 1 is 0.921 bits per heavy atom. The van der Waals surface area contributed by atoms with Crippen LogP contribution in [-0.4, -0.2) is 31.5 Å². The first kappa shape index (κ1) is 26.0. The zero-order chi connectivity index (χ0) is 26.5. The predicted octanol–water partition coefficient (Wildman–Crippen LogP) is 7.74. The lowest BCUT2D eigenvalue weighted by Gasteiger charge is -2.20. The van der Waals surface area contributed by atoms with E-state index in [2.05, 4.69) is 63.9 Å². The van der Waals surface area contributed by atoms with Gasteiger partial charge in [0.05, 0.1) is 0 Å². The maximum absolute atomic E-state index is 13.1. The fraction of sp³-hybridized carbons (Fsp3) is 0.156. The third kappa shape index (κ3) is 6.07. The van der Waals surface area contributed by atoms with E-state index in [0.717, 1.165) is 32.4 Å². The Morgan fingerprint density at radius 2 is 1.63 bits per heavy atom. The standard InChI is InChI=1S/C32H30ClN3OS/c1-36(2)26-15-11-23(12-16-26)29(30-20-34-31-6-4-3-5-28(30)31)19-35-32(37)24-9-7-22(8-10-24)21-38-27-17-13-25(33)14-18-27/h3-18,20,29,34H,19,21H2,1-2H3,(H,35,37). The van der Waals surface area contributed by atoms with Crippen molar-refractivity contribution >= 4 is 45.9 Å². The number of nitrogens with zero attached hydrogens (tertiary/aromatic N) is 1. The SMILES string of the molecule is CN(C)c1ccc(C(CNC(=O)c2ccc(CSc3ccc(Cl)cc3)cc2)c2c[nH]c3ccccc23)cc1. The van der Waals surface area contributed by atoms with Crippen molar-refractivity contribution in [1.82, 2.24) is 10.3 Å². The zero-order valence-corrected chi connectivity index (χ0v) is 23.0. The van der Waals surface area contributed by atoms with Crippen LogP contribution in [0.3, 0.4) is 0 Å². The molecule has 5 aromatic rings. The van der Waals surface area contributed by atoms with Gasteiger partial charge in [0.25, 0.3) is 5.91 Å². The Bertz CT molecular complexity index is 1510. The molecule has 0 saturated heterocycles. The maximum atomic E-state index is 13.1. The Hall–Kier alpha value is -3.67. The molecule has 4 nitrogen and oxygen atoms in total. The first-order chi connectivity index (χ1) is 18.5. The molecule has 0 fully saturated rings. The van der Waals surface area contributed by atoms with Crippen LogP contribution in [0.25, 0.3) is 10.9 Å². The molecule has 0 aliphatic carbocycles. The number of anilines is 1. The summed E-state index contributed by atoms with van der Waals surface area (Å²) in [6.07, 6.45) is 2.06. The van der Waals surface area contributed by atoms with E-state index in [1.165, 1.54) is 16.5 Å². The first-order valence-corrected chi connectivity index (χ1v) is 13.9. The number of aromatic nitrogens is 1. The molecule has 1 heterocycles. The summed E-state index contributed by atoms with van der Waals surface area (Å²) in [4.78, 5) is 19.8. The summed E-state index contributed by atoms with van der Waals surface area (Å²) in [5.41, 5.74) is 6.40. The van der Waals surface area contributed by atoms with Crippen molar-refractivity contribution in [3.8, 4) is 0 Å².